The zero-order valence-corrected chi connectivity index (χ0v) is 19.0. The Balaban J connectivity index is 1.77. The van der Waals surface area contributed by atoms with Crippen molar-refractivity contribution in [3.8, 4) is 0 Å². The van der Waals surface area contributed by atoms with E-state index in [1.54, 1.807) is 48.5 Å². The normalized spacial score (nSPS) is 11.0. The molecule has 0 unspecified atom stereocenters. The molecule has 0 aliphatic rings. The highest BCUT2D eigenvalue weighted by molar-refractivity contribution is 5.91. The molecule has 1 aromatic heterocycles. The summed E-state index contributed by atoms with van der Waals surface area (Å²) in [6, 6.07) is 15.8. The van der Waals surface area contributed by atoms with Crippen LogP contribution in [0.15, 0.2) is 64.2 Å². The van der Waals surface area contributed by atoms with Gasteiger partial charge in [0.05, 0.1) is 10.9 Å². The summed E-state index contributed by atoms with van der Waals surface area (Å²) in [4.78, 5) is 50.6. The molecule has 2 amide bonds. The van der Waals surface area contributed by atoms with Crippen molar-refractivity contribution in [2.24, 2.45) is 5.92 Å². The molecule has 0 bridgehead atoms. The van der Waals surface area contributed by atoms with E-state index in [9.17, 15) is 19.2 Å². The van der Waals surface area contributed by atoms with E-state index in [2.05, 4.69) is 10.6 Å². The SMILES string of the molecule is CC(C)CNC(=O)CCCCn1c(=O)c2ccccc2n(CC(=O)Nc2ccccc2)c1=O. The Morgan fingerprint density at radius 1 is 0.879 bits per heavy atom. The summed E-state index contributed by atoms with van der Waals surface area (Å²) in [6.45, 7) is 4.64. The Hall–Kier alpha value is -3.68. The Bertz CT molecular complexity index is 1230. The van der Waals surface area contributed by atoms with Crippen LogP contribution in [0.3, 0.4) is 0 Å². The minimum Gasteiger partial charge on any atom is -0.356 e. The summed E-state index contributed by atoms with van der Waals surface area (Å²) in [5, 5.41) is 6.01. The molecule has 8 nitrogen and oxygen atoms in total. The predicted molar refractivity (Wildman–Crippen MR) is 129 cm³/mol. The van der Waals surface area contributed by atoms with E-state index in [0.29, 0.717) is 48.3 Å². The van der Waals surface area contributed by atoms with Gasteiger partial charge in [-0.25, -0.2) is 4.79 Å². The van der Waals surface area contributed by atoms with Gasteiger partial charge in [-0.1, -0.05) is 44.2 Å². The minimum absolute atomic E-state index is 0.0375. The van der Waals surface area contributed by atoms with E-state index in [1.165, 1.54) is 4.57 Å². The molecule has 0 aliphatic heterocycles. The van der Waals surface area contributed by atoms with Gasteiger partial charge in [0.2, 0.25) is 11.8 Å². The van der Waals surface area contributed by atoms with Gasteiger partial charge in [-0.05, 0) is 43.0 Å². The van der Waals surface area contributed by atoms with Crippen molar-refractivity contribution in [2.75, 3.05) is 11.9 Å². The molecule has 174 valence electrons. The van der Waals surface area contributed by atoms with E-state index in [-0.39, 0.29) is 30.5 Å². The van der Waals surface area contributed by atoms with Crippen molar-refractivity contribution in [3.63, 3.8) is 0 Å². The smallest absolute Gasteiger partial charge is 0.331 e. The molecule has 0 spiro atoms. The summed E-state index contributed by atoms with van der Waals surface area (Å²) in [5.41, 5.74) is 0.120. The fraction of sp³-hybridized carbons (Fsp3) is 0.360. The van der Waals surface area contributed by atoms with Crippen LogP contribution < -0.4 is 21.9 Å². The Morgan fingerprint density at radius 2 is 1.58 bits per heavy atom. The average molecular weight is 451 g/mol. The number of rotatable bonds is 10. The lowest BCUT2D eigenvalue weighted by atomic mass is 10.2. The summed E-state index contributed by atoms with van der Waals surface area (Å²) in [5.74, 6) is -0.0206. The van der Waals surface area contributed by atoms with Gasteiger partial charge in [-0.15, -0.1) is 0 Å². The lowest BCUT2D eigenvalue weighted by molar-refractivity contribution is -0.121. The second kappa shape index (κ2) is 11.3. The largest absolute Gasteiger partial charge is 0.356 e. The van der Waals surface area contributed by atoms with Crippen molar-refractivity contribution in [2.45, 2.75) is 46.2 Å². The number of carbonyl (C=O) groups excluding carboxylic acids is 2. The fourth-order valence-electron chi connectivity index (χ4n) is 3.55. The molecular formula is C25H30N4O4. The molecule has 33 heavy (non-hydrogen) atoms. The van der Waals surface area contributed by atoms with Crippen LogP contribution in [-0.4, -0.2) is 27.5 Å². The Kier molecular flexibility index (Phi) is 8.18. The van der Waals surface area contributed by atoms with E-state index in [0.717, 1.165) is 4.57 Å². The second-order valence-electron chi connectivity index (χ2n) is 8.41. The van der Waals surface area contributed by atoms with Gasteiger partial charge in [0, 0.05) is 25.2 Å². The first-order valence-electron chi connectivity index (χ1n) is 11.2. The van der Waals surface area contributed by atoms with Gasteiger partial charge in [0.1, 0.15) is 6.54 Å². The number of benzene rings is 2. The first-order valence-corrected chi connectivity index (χ1v) is 11.2. The number of fused-ring (bicyclic) bond motifs is 1. The van der Waals surface area contributed by atoms with Crippen molar-refractivity contribution in [1.29, 1.82) is 0 Å². The number of aromatic nitrogens is 2. The molecule has 3 aromatic rings. The van der Waals surface area contributed by atoms with Crippen molar-refractivity contribution < 1.29 is 9.59 Å². The molecule has 0 saturated heterocycles. The highest BCUT2D eigenvalue weighted by atomic mass is 16.2. The van der Waals surface area contributed by atoms with Crippen LogP contribution >= 0.6 is 0 Å². The fourth-order valence-corrected chi connectivity index (χ4v) is 3.55. The highest BCUT2D eigenvalue weighted by Gasteiger charge is 2.15. The van der Waals surface area contributed by atoms with E-state index in [1.807, 2.05) is 19.9 Å². The molecule has 0 fully saturated rings. The molecule has 8 heteroatoms. The van der Waals surface area contributed by atoms with Crippen molar-refractivity contribution >= 4 is 28.4 Å². The molecule has 1 heterocycles. The number of nitrogens with zero attached hydrogens (tertiary/aromatic N) is 2. The zero-order chi connectivity index (χ0) is 23.8. The average Bonchev–Trinajstić information content (AvgIpc) is 2.80. The van der Waals surface area contributed by atoms with E-state index < -0.39 is 5.69 Å². The third-order valence-electron chi connectivity index (χ3n) is 5.23. The standard InChI is InChI=1S/C25H30N4O4/c1-18(2)16-26-22(30)14-8-9-15-28-24(32)20-12-6-7-13-21(20)29(25(28)33)17-23(31)27-19-10-4-3-5-11-19/h3-7,10-13,18H,8-9,14-17H2,1-2H3,(H,26,30)(H,27,31). The van der Waals surface area contributed by atoms with Gasteiger partial charge in [-0.2, -0.15) is 0 Å². The van der Waals surface area contributed by atoms with Crippen LogP contribution in [0.25, 0.3) is 10.9 Å². The molecule has 0 atom stereocenters. The number of hydrogen-bond donors (Lipinski definition) is 2. The molecule has 3 rings (SSSR count). The van der Waals surface area contributed by atoms with E-state index in [4.69, 9.17) is 0 Å². The van der Waals surface area contributed by atoms with Gasteiger partial charge < -0.3 is 10.6 Å². The number of amides is 2. The lowest BCUT2D eigenvalue weighted by Crippen LogP contribution is -2.41. The molecular weight excluding hydrogens is 420 g/mol. The number of unbranched alkanes of at least 4 members (excludes halogenated alkanes) is 1. The van der Waals surface area contributed by atoms with Gasteiger partial charge in [0.15, 0.2) is 0 Å². The summed E-state index contributed by atoms with van der Waals surface area (Å²) >= 11 is 0. The van der Waals surface area contributed by atoms with Gasteiger partial charge in [0.25, 0.3) is 5.56 Å². The number of nitrogens with one attached hydrogen (secondary N) is 2. The number of para-hydroxylation sites is 2. The third kappa shape index (κ3) is 6.41. The topological polar surface area (TPSA) is 102 Å². The highest BCUT2D eigenvalue weighted by Crippen LogP contribution is 2.10. The van der Waals surface area contributed by atoms with Crippen LogP contribution in [-0.2, 0) is 22.7 Å². The second-order valence-corrected chi connectivity index (χ2v) is 8.41. The maximum absolute atomic E-state index is 13.2. The molecule has 2 aromatic carbocycles. The third-order valence-corrected chi connectivity index (χ3v) is 5.23. The summed E-state index contributed by atoms with van der Waals surface area (Å²) in [6.07, 6.45) is 1.39. The minimum atomic E-state index is -0.536. The number of hydrogen-bond acceptors (Lipinski definition) is 4. The Labute approximate surface area is 192 Å². The van der Waals surface area contributed by atoms with Gasteiger partial charge >= 0.3 is 5.69 Å². The van der Waals surface area contributed by atoms with E-state index >= 15 is 0 Å². The molecule has 0 aliphatic carbocycles. The number of carbonyl (C=O) groups is 2. The maximum Gasteiger partial charge on any atom is 0.331 e. The van der Waals surface area contributed by atoms with Crippen LogP contribution in [0, 0.1) is 5.92 Å². The van der Waals surface area contributed by atoms with Gasteiger partial charge in [-0.3, -0.25) is 23.5 Å². The summed E-state index contributed by atoms with van der Waals surface area (Å²) in [7, 11) is 0. The maximum atomic E-state index is 13.2. The predicted octanol–water partition coefficient (Wildman–Crippen LogP) is 2.74. The first-order chi connectivity index (χ1) is 15.9. The van der Waals surface area contributed by atoms with Crippen molar-refractivity contribution in [3.05, 3.63) is 75.4 Å². The molecule has 2 N–H and O–H groups in total. The van der Waals surface area contributed by atoms with Crippen LogP contribution in [0.2, 0.25) is 0 Å². The quantitative estimate of drug-likeness (QED) is 0.464. The number of anilines is 1. The van der Waals surface area contributed by atoms with Crippen LogP contribution in [0.4, 0.5) is 5.69 Å². The lowest BCUT2D eigenvalue weighted by Gasteiger charge is -2.14. The Morgan fingerprint density at radius 3 is 2.30 bits per heavy atom. The van der Waals surface area contributed by atoms with Crippen molar-refractivity contribution in [1.82, 2.24) is 14.5 Å². The first kappa shape index (κ1) is 24.0. The van der Waals surface area contributed by atoms with Crippen LogP contribution in [0.5, 0.6) is 0 Å². The molecule has 0 saturated carbocycles. The molecule has 0 radical (unpaired) electrons. The monoisotopic (exact) mass is 450 g/mol. The zero-order valence-electron chi connectivity index (χ0n) is 19.0. The van der Waals surface area contributed by atoms with Crippen LogP contribution in [0.1, 0.15) is 33.1 Å². The summed E-state index contributed by atoms with van der Waals surface area (Å²) < 4.78 is 2.48.